The molecule has 34 heavy (non-hydrogen) atoms. The molecule has 2 aromatic heterocycles. The van der Waals surface area contributed by atoms with Crippen LogP contribution in [0.5, 0.6) is 0 Å². The first-order valence-electron chi connectivity index (χ1n) is 11.9. The molecule has 0 aliphatic heterocycles. The van der Waals surface area contributed by atoms with Crippen LogP contribution in [0, 0.1) is 5.82 Å². The third-order valence-corrected chi connectivity index (χ3v) is 7.08. The van der Waals surface area contributed by atoms with Crippen LogP contribution in [0.1, 0.15) is 51.4 Å². The van der Waals surface area contributed by atoms with E-state index in [0.29, 0.717) is 46.6 Å². The van der Waals surface area contributed by atoms with Gasteiger partial charge >= 0.3 is 0 Å². The smallest absolute Gasteiger partial charge is 0.223 e. The molecule has 2 saturated carbocycles. The molecule has 2 aliphatic rings. The molecule has 0 atom stereocenters. The number of hydrogen-bond donors (Lipinski definition) is 4. The van der Waals surface area contributed by atoms with Gasteiger partial charge in [-0.25, -0.2) is 24.3 Å². The molecular weight excluding hydrogens is 457 g/mol. The van der Waals surface area contributed by atoms with E-state index < -0.39 is 5.82 Å². The minimum absolute atomic E-state index is 0.0338. The molecule has 0 unspecified atom stereocenters. The van der Waals surface area contributed by atoms with Gasteiger partial charge in [-0.1, -0.05) is 11.6 Å². The fraction of sp³-hybridized carbons (Fsp3) is 0.500. The van der Waals surface area contributed by atoms with E-state index in [1.54, 1.807) is 12.3 Å². The molecule has 0 spiro atoms. The van der Waals surface area contributed by atoms with Crippen molar-refractivity contribution in [3.8, 4) is 0 Å². The first kappa shape index (κ1) is 23.1. The molecule has 180 valence electrons. The number of aliphatic hydroxyl groups is 1. The van der Waals surface area contributed by atoms with Crippen LogP contribution in [0.3, 0.4) is 0 Å². The number of aliphatic hydroxyl groups excluding tert-OH is 1. The van der Waals surface area contributed by atoms with E-state index in [9.17, 15) is 9.50 Å². The second-order valence-electron chi connectivity index (χ2n) is 9.27. The maximum atomic E-state index is 13.5. The molecule has 3 aromatic rings. The van der Waals surface area contributed by atoms with Crippen molar-refractivity contribution in [2.45, 2.75) is 75.6 Å². The average Bonchev–Trinajstić information content (AvgIpc) is 2.84. The normalized spacial score (nSPS) is 25.3. The van der Waals surface area contributed by atoms with Gasteiger partial charge in [0.1, 0.15) is 23.2 Å². The van der Waals surface area contributed by atoms with Crippen molar-refractivity contribution in [3.63, 3.8) is 0 Å². The Kier molecular flexibility index (Phi) is 7.03. The fourth-order valence-electron chi connectivity index (χ4n) is 4.89. The lowest BCUT2D eigenvalue weighted by atomic mass is 9.88. The van der Waals surface area contributed by atoms with Crippen LogP contribution >= 0.6 is 11.6 Å². The van der Waals surface area contributed by atoms with Crippen LogP contribution in [0.25, 0.3) is 11.0 Å². The highest BCUT2D eigenvalue weighted by Gasteiger charge is 2.26. The lowest BCUT2D eigenvalue weighted by Gasteiger charge is -2.34. The second kappa shape index (κ2) is 10.3. The number of benzene rings is 1. The predicted octanol–water partition coefficient (Wildman–Crippen LogP) is 4.57. The van der Waals surface area contributed by atoms with Crippen LogP contribution in [-0.2, 0) is 0 Å². The van der Waals surface area contributed by atoms with Crippen LogP contribution in [0.15, 0.2) is 30.7 Å². The molecule has 4 N–H and O–H groups in total. The maximum Gasteiger partial charge on any atom is 0.223 e. The molecule has 2 heterocycles. The molecular formula is C24H29ClFN7O. The third-order valence-electron chi connectivity index (χ3n) is 6.79. The summed E-state index contributed by atoms with van der Waals surface area (Å²) in [5.41, 5.74) is 1.80. The zero-order chi connectivity index (χ0) is 23.5. The van der Waals surface area contributed by atoms with Gasteiger partial charge in [0.05, 0.1) is 17.3 Å². The molecule has 2 fully saturated rings. The standard InChI is InChI=1S/C24H29ClFN7O/c25-19-11-17(7-10-20(19)26)31-23-22-21(28-13-29-23)12-27-24(33-22)32-16-3-1-14(2-4-16)30-15-5-8-18(34)9-6-15/h7,10-16,18,30,34H,1-6,8-9H2,(H,27,32,33)(H,28,29,31). The van der Waals surface area contributed by atoms with Gasteiger partial charge in [-0.05, 0) is 69.6 Å². The second-order valence-corrected chi connectivity index (χ2v) is 9.68. The number of nitrogens with one attached hydrogen (secondary N) is 3. The highest BCUT2D eigenvalue weighted by atomic mass is 35.5. The summed E-state index contributed by atoms with van der Waals surface area (Å²) in [5, 5.41) is 20.2. The summed E-state index contributed by atoms with van der Waals surface area (Å²) in [7, 11) is 0. The molecule has 2 aliphatic carbocycles. The molecule has 8 nitrogen and oxygen atoms in total. The van der Waals surface area contributed by atoms with E-state index in [2.05, 4.69) is 35.9 Å². The van der Waals surface area contributed by atoms with Gasteiger partial charge in [-0.2, -0.15) is 0 Å². The van der Waals surface area contributed by atoms with Crippen molar-refractivity contribution in [1.29, 1.82) is 0 Å². The van der Waals surface area contributed by atoms with Crippen molar-refractivity contribution < 1.29 is 9.50 Å². The average molecular weight is 486 g/mol. The summed E-state index contributed by atoms with van der Waals surface area (Å²) >= 11 is 5.90. The summed E-state index contributed by atoms with van der Waals surface area (Å²) in [6, 6.07) is 5.77. The highest BCUT2D eigenvalue weighted by molar-refractivity contribution is 6.31. The molecule has 5 rings (SSSR count). The Hall–Kier alpha value is -2.62. The number of rotatable bonds is 6. The van der Waals surface area contributed by atoms with E-state index in [-0.39, 0.29) is 11.1 Å². The first-order valence-corrected chi connectivity index (χ1v) is 12.3. The quantitative estimate of drug-likeness (QED) is 0.402. The Bertz CT molecular complexity index is 1130. The van der Waals surface area contributed by atoms with E-state index >= 15 is 0 Å². The Morgan fingerprint density at radius 3 is 2.35 bits per heavy atom. The Balaban J connectivity index is 1.21. The summed E-state index contributed by atoms with van der Waals surface area (Å²) < 4.78 is 13.5. The first-order chi connectivity index (χ1) is 16.5. The van der Waals surface area contributed by atoms with E-state index in [1.807, 2.05) is 0 Å². The Labute approximate surface area is 202 Å². The van der Waals surface area contributed by atoms with E-state index in [1.165, 1.54) is 18.5 Å². The van der Waals surface area contributed by atoms with Crippen LogP contribution < -0.4 is 16.0 Å². The lowest BCUT2D eigenvalue weighted by molar-refractivity contribution is 0.112. The molecule has 0 amide bonds. The number of hydrogen-bond acceptors (Lipinski definition) is 8. The van der Waals surface area contributed by atoms with Gasteiger partial charge in [0.25, 0.3) is 0 Å². The fourth-order valence-corrected chi connectivity index (χ4v) is 5.07. The summed E-state index contributed by atoms with van der Waals surface area (Å²) in [4.78, 5) is 17.7. The van der Waals surface area contributed by atoms with Crippen molar-refractivity contribution in [3.05, 3.63) is 41.6 Å². The predicted molar refractivity (Wildman–Crippen MR) is 131 cm³/mol. The molecule has 0 bridgehead atoms. The third kappa shape index (κ3) is 5.54. The van der Waals surface area contributed by atoms with Crippen molar-refractivity contribution >= 4 is 40.1 Å². The number of aromatic nitrogens is 4. The summed E-state index contributed by atoms with van der Waals surface area (Å²) in [6.45, 7) is 0. The van der Waals surface area contributed by atoms with E-state index in [0.717, 1.165) is 51.4 Å². The molecule has 1 aromatic carbocycles. The van der Waals surface area contributed by atoms with E-state index in [4.69, 9.17) is 11.6 Å². The largest absolute Gasteiger partial charge is 0.393 e. The lowest BCUT2D eigenvalue weighted by Crippen LogP contribution is -2.44. The number of anilines is 3. The van der Waals surface area contributed by atoms with Gasteiger partial charge in [0.15, 0.2) is 5.82 Å². The SMILES string of the molecule is OC1CCC(NC2CCC(Nc3ncc4ncnc(Nc5ccc(F)c(Cl)c5)c4n3)CC2)CC1. The molecule has 0 radical (unpaired) electrons. The zero-order valence-electron chi connectivity index (χ0n) is 18.8. The van der Waals surface area contributed by atoms with Crippen molar-refractivity contribution in [1.82, 2.24) is 25.3 Å². The van der Waals surface area contributed by atoms with Crippen LogP contribution in [0.4, 0.5) is 21.8 Å². The summed E-state index contributed by atoms with van der Waals surface area (Å²) in [6.07, 6.45) is 11.2. The maximum absolute atomic E-state index is 13.5. The van der Waals surface area contributed by atoms with Gasteiger partial charge < -0.3 is 21.1 Å². The molecule has 0 saturated heterocycles. The minimum Gasteiger partial charge on any atom is -0.393 e. The number of nitrogens with zero attached hydrogens (tertiary/aromatic N) is 4. The van der Waals surface area contributed by atoms with Gasteiger partial charge in [-0.15, -0.1) is 0 Å². The van der Waals surface area contributed by atoms with Crippen molar-refractivity contribution in [2.24, 2.45) is 0 Å². The van der Waals surface area contributed by atoms with Gasteiger partial charge in [0.2, 0.25) is 5.95 Å². The van der Waals surface area contributed by atoms with Gasteiger partial charge in [0, 0.05) is 23.8 Å². The van der Waals surface area contributed by atoms with Gasteiger partial charge in [-0.3, -0.25) is 0 Å². The number of fused-ring (bicyclic) bond motifs is 1. The zero-order valence-corrected chi connectivity index (χ0v) is 19.6. The minimum atomic E-state index is -0.476. The monoisotopic (exact) mass is 485 g/mol. The summed E-state index contributed by atoms with van der Waals surface area (Å²) in [5.74, 6) is 0.569. The van der Waals surface area contributed by atoms with Crippen molar-refractivity contribution in [2.75, 3.05) is 10.6 Å². The molecule has 10 heteroatoms. The Morgan fingerprint density at radius 2 is 1.62 bits per heavy atom. The van der Waals surface area contributed by atoms with Crippen LogP contribution in [0.2, 0.25) is 5.02 Å². The van der Waals surface area contributed by atoms with Crippen LogP contribution in [-0.4, -0.2) is 49.3 Å². The highest BCUT2D eigenvalue weighted by Crippen LogP contribution is 2.27. The topological polar surface area (TPSA) is 108 Å². The number of halogens is 2. The Morgan fingerprint density at radius 1 is 0.912 bits per heavy atom.